The van der Waals surface area contributed by atoms with E-state index in [1.54, 1.807) is 12.1 Å². The number of ketones is 1. The third-order valence-corrected chi connectivity index (χ3v) is 5.13. The average molecular weight is 347 g/mol. The van der Waals surface area contributed by atoms with Gasteiger partial charge in [0.05, 0.1) is 10.5 Å². The molecular weight excluding hydrogens is 330 g/mol. The standard InChI is InChI=1S/C17H17NO5S/c1-12(19)13-7-9-15(10-8-13)23-17(20)14-5-4-6-16(11-14)24(21,22)18(2)3/h4-11H,1-3H3. The minimum Gasteiger partial charge on any atom is -0.423 e. The van der Waals surface area contributed by atoms with Crippen molar-refractivity contribution >= 4 is 21.8 Å². The lowest BCUT2D eigenvalue weighted by atomic mass is 10.1. The molecule has 0 radical (unpaired) electrons. The first-order chi connectivity index (χ1) is 11.2. The first-order valence-corrected chi connectivity index (χ1v) is 8.51. The molecule has 0 N–H and O–H groups in total. The number of rotatable bonds is 5. The van der Waals surface area contributed by atoms with Gasteiger partial charge in [-0.25, -0.2) is 17.5 Å². The Morgan fingerprint density at radius 2 is 1.58 bits per heavy atom. The molecule has 0 unspecified atom stereocenters. The molecule has 2 rings (SSSR count). The molecule has 0 amide bonds. The Balaban J connectivity index is 2.23. The summed E-state index contributed by atoms with van der Waals surface area (Å²) in [6.45, 7) is 1.44. The Kier molecular flexibility index (Phi) is 5.16. The fourth-order valence-corrected chi connectivity index (χ4v) is 2.87. The number of nitrogens with zero attached hydrogens (tertiary/aromatic N) is 1. The van der Waals surface area contributed by atoms with Gasteiger partial charge in [0.2, 0.25) is 10.0 Å². The van der Waals surface area contributed by atoms with Gasteiger partial charge in [-0.05, 0) is 49.4 Å². The molecule has 2 aromatic carbocycles. The van der Waals surface area contributed by atoms with Gasteiger partial charge in [-0.3, -0.25) is 4.79 Å². The van der Waals surface area contributed by atoms with Crippen LogP contribution in [0.15, 0.2) is 53.4 Å². The van der Waals surface area contributed by atoms with Crippen LogP contribution in [-0.2, 0) is 10.0 Å². The number of sulfonamides is 1. The molecule has 0 bridgehead atoms. The van der Waals surface area contributed by atoms with Crippen LogP contribution in [0, 0.1) is 0 Å². The maximum atomic E-state index is 12.2. The monoisotopic (exact) mass is 347 g/mol. The third kappa shape index (κ3) is 3.87. The van der Waals surface area contributed by atoms with Gasteiger partial charge in [0.25, 0.3) is 0 Å². The topological polar surface area (TPSA) is 80.8 Å². The number of benzene rings is 2. The van der Waals surface area contributed by atoms with E-state index in [2.05, 4.69) is 0 Å². The summed E-state index contributed by atoms with van der Waals surface area (Å²) in [7, 11) is -0.806. The Bertz CT molecular complexity index is 870. The van der Waals surface area contributed by atoms with Gasteiger partial charge >= 0.3 is 5.97 Å². The lowest BCUT2D eigenvalue weighted by molar-refractivity contribution is 0.0734. The molecule has 0 aliphatic heterocycles. The molecule has 0 aliphatic carbocycles. The number of ether oxygens (including phenoxy) is 1. The number of esters is 1. The zero-order valence-corrected chi connectivity index (χ0v) is 14.3. The van der Waals surface area contributed by atoms with E-state index < -0.39 is 16.0 Å². The number of hydrogen-bond acceptors (Lipinski definition) is 5. The zero-order valence-electron chi connectivity index (χ0n) is 13.5. The van der Waals surface area contributed by atoms with Crippen LogP contribution in [0.25, 0.3) is 0 Å². The number of hydrogen-bond donors (Lipinski definition) is 0. The van der Waals surface area contributed by atoms with Crippen molar-refractivity contribution in [1.29, 1.82) is 0 Å². The molecule has 126 valence electrons. The predicted octanol–water partition coefficient (Wildman–Crippen LogP) is 2.36. The van der Waals surface area contributed by atoms with Crippen LogP contribution in [0.3, 0.4) is 0 Å². The summed E-state index contributed by atoms with van der Waals surface area (Å²) in [5.74, 6) is -0.498. The second-order valence-corrected chi connectivity index (χ2v) is 7.44. The van der Waals surface area contributed by atoms with Crippen LogP contribution in [0.2, 0.25) is 0 Å². The lowest BCUT2D eigenvalue weighted by Gasteiger charge is -2.12. The van der Waals surface area contributed by atoms with Crippen molar-refractivity contribution in [3.8, 4) is 5.75 Å². The van der Waals surface area contributed by atoms with E-state index >= 15 is 0 Å². The van der Waals surface area contributed by atoms with Gasteiger partial charge in [-0.15, -0.1) is 0 Å². The molecule has 0 atom stereocenters. The predicted molar refractivity (Wildman–Crippen MR) is 88.7 cm³/mol. The van der Waals surface area contributed by atoms with E-state index in [4.69, 9.17) is 4.74 Å². The molecule has 0 aliphatic rings. The van der Waals surface area contributed by atoms with Crippen LogP contribution in [-0.4, -0.2) is 38.6 Å². The smallest absolute Gasteiger partial charge is 0.343 e. The van der Waals surface area contributed by atoms with Gasteiger partial charge < -0.3 is 4.74 Å². The zero-order chi connectivity index (χ0) is 17.9. The summed E-state index contributed by atoms with van der Waals surface area (Å²) in [6, 6.07) is 11.8. The van der Waals surface area contributed by atoms with E-state index in [-0.39, 0.29) is 22.0 Å². The molecule has 24 heavy (non-hydrogen) atoms. The van der Waals surface area contributed by atoms with Crippen LogP contribution in [0.5, 0.6) is 5.75 Å². The average Bonchev–Trinajstić information content (AvgIpc) is 2.55. The molecule has 0 saturated carbocycles. The highest BCUT2D eigenvalue weighted by molar-refractivity contribution is 7.89. The molecule has 0 heterocycles. The second kappa shape index (κ2) is 6.94. The fraction of sp³-hybridized carbons (Fsp3) is 0.176. The van der Waals surface area contributed by atoms with Crippen molar-refractivity contribution < 1.29 is 22.7 Å². The van der Waals surface area contributed by atoms with E-state index in [1.807, 2.05) is 0 Å². The van der Waals surface area contributed by atoms with Crippen molar-refractivity contribution in [3.63, 3.8) is 0 Å². The molecule has 0 aromatic heterocycles. The molecular formula is C17H17NO5S. The van der Waals surface area contributed by atoms with Crippen molar-refractivity contribution in [1.82, 2.24) is 4.31 Å². The van der Waals surface area contributed by atoms with Crippen LogP contribution >= 0.6 is 0 Å². The second-order valence-electron chi connectivity index (χ2n) is 5.29. The first-order valence-electron chi connectivity index (χ1n) is 7.07. The highest BCUT2D eigenvalue weighted by atomic mass is 32.2. The van der Waals surface area contributed by atoms with Crippen LogP contribution < -0.4 is 4.74 Å². The van der Waals surface area contributed by atoms with Crippen molar-refractivity contribution in [3.05, 3.63) is 59.7 Å². The van der Waals surface area contributed by atoms with E-state index in [9.17, 15) is 18.0 Å². The van der Waals surface area contributed by atoms with Crippen LogP contribution in [0.4, 0.5) is 0 Å². The molecule has 6 nitrogen and oxygen atoms in total. The number of Topliss-reactive ketones (excluding diaryl/α,β-unsaturated/α-hetero) is 1. The van der Waals surface area contributed by atoms with Gasteiger partial charge in [0.1, 0.15) is 5.75 Å². The van der Waals surface area contributed by atoms with Crippen molar-refractivity contribution in [2.45, 2.75) is 11.8 Å². The third-order valence-electron chi connectivity index (χ3n) is 3.32. The fourth-order valence-electron chi connectivity index (χ4n) is 1.92. The van der Waals surface area contributed by atoms with Gasteiger partial charge in [0.15, 0.2) is 5.78 Å². The minimum absolute atomic E-state index is 0.00822. The Labute approximate surface area is 140 Å². The molecule has 7 heteroatoms. The normalized spacial score (nSPS) is 11.3. The highest BCUT2D eigenvalue weighted by Gasteiger charge is 2.19. The Morgan fingerprint density at radius 1 is 0.958 bits per heavy atom. The van der Waals surface area contributed by atoms with Gasteiger partial charge in [-0.1, -0.05) is 6.07 Å². The summed E-state index contributed by atoms with van der Waals surface area (Å²) in [5, 5.41) is 0. The molecule has 0 fully saturated rings. The summed E-state index contributed by atoms with van der Waals surface area (Å²) >= 11 is 0. The van der Waals surface area contributed by atoms with Crippen LogP contribution in [0.1, 0.15) is 27.6 Å². The van der Waals surface area contributed by atoms with Gasteiger partial charge in [-0.2, -0.15) is 0 Å². The van der Waals surface area contributed by atoms with Crippen molar-refractivity contribution in [2.24, 2.45) is 0 Å². The summed E-state index contributed by atoms with van der Waals surface area (Å²) < 4.78 is 30.5. The largest absolute Gasteiger partial charge is 0.423 e. The minimum atomic E-state index is -3.63. The van der Waals surface area contributed by atoms with E-state index in [0.717, 1.165) is 4.31 Å². The number of carbonyl (C=O) groups is 2. The first kappa shape index (κ1) is 17.8. The summed E-state index contributed by atoms with van der Waals surface area (Å²) in [4.78, 5) is 23.4. The SMILES string of the molecule is CC(=O)c1ccc(OC(=O)c2cccc(S(=O)(=O)N(C)C)c2)cc1. The molecule has 0 spiro atoms. The summed E-state index contributed by atoms with van der Waals surface area (Å²) in [6.07, 6.45) is 0. The Morgan fingerprint density at radius 3 is 2.12 bits per heavy atom. The lowest BCUT2D eigenvalue weighted by Crippen LogP contribution is -2.22. The quantitative estimate of drug-likeness (QED) is 0.471. The van der Waals surface area contributed by atoms with E-state index in [1.165, 1.54) is 57.4 Å². The number of carbonyl (C=O) groups excluding carboxylic acids is 2. The van der Waals surface area contributed by atoms with Crippen molar-refractivity contribution in [2.75, 3.05) is 14.1 Å². The highest BCUT2D eigenvalue weighted by Crippen LogP contribution is 2.18. The summed E-state index contributed by atoms with van der Waals surface area (Å²) in [5.41, 5.74) is 0.627. The van der Waals surface area contributed by atoms with Gasteiger partial charge in [0, 0.05) is 19.7 Å². The molecule has 0 saturated heterocycles. The maximum absolute atomic E-state index is 12.2. The maximum Gasteiger partial charge on any atom is 0.343 e. The molecule has 2 aromatic rings. The van der Waals surface area contributed by atoms with E-state index in [0.29, 0.717) is 5.56 Å². The Hall–Kier alpha value is -2.51.